The molecule has 9 heteroatoms. The Morgan fingerprint density at radius 3 is 2.15 bits per heavy atom. The minimum absolute atomic E-state index is 0.0381. The van der Waals surface area contributed by atoms with Crippen LogP contribution in [0.2, 0.25) is 5.02 Å². The first-order valence-electron chi connectivity index (χ1n) is 12.8. The van der Waals surface area contributed by atoms with Crippen LogP contribution in [-0.2, 0) is 26.2 Å². The third-order valence-corrected chi connectivity index (χ3v) is 8.77. The summed E-state index contributed by atoms with van der Waals surface area (Å²) in [5.74, 6) is -0.872. The van der Waals surface area contributed by atoms with Crippen molar-refractivity contribution in [2.75, 3.05) is 10.8 Å². The number of halogens is 1. The molecule has 0 aliphatic carbocycles. The van der Waals surface area contributed by atoms with Gasteiger partial charge in [0.25, 0.3) is 10.0 Å². The van der Waals surface area contributed by atoms with E-state index in [2.05, 4.69) is 5.32 Å². The van der Waals surface area contributed by atoms with E-state index < -0.39 is 28.5 Å². The Kier molecular flexibility index (Phi) is 9.80. The molecule has 2 amide bonds. The number of sulfonamides is 1. The van der Waals surface area contributed by atoms with Crippen molar-refractivity contribution in [3.63, 3.8) is 0 Å². The standard InChI is InChI=1S/C30H36ClN3O4S/c1-20(2)32-30(36)24(6)33(18-25-11-7-8-12-27(25)31)29(35)19-34(28-13-9-10-22(4)23(28)5)39(37,38)26-16-14-21(3)15-17-26/h7-17,20,24H,18-19H2,1-6H3,(H,32,36)/t24-/m0/s1. The van der Waals surface area contributed by atoms with Gasteiger partial charge in [-0.05, 0) is 82.5 Å². The van der Waals surface area contributed by atoms with E-state index in [1.807, 2.05) is 40.7 Å². The average Bonchev–Trinajstić information content (AvgIpc) is 2.88. The van der Waals surface area contributed by atoms with Gasteiger partial charge in [0, 0.05) is 17.6 Å². The predicted octanol–water partition coefficient (Wildman–Crippen LogP) is 5.40. The molecule has 0 spiro atoms. The Morgan fingerprint density at radius 1 is 0.897 bits per heavy atom. The van der Waals surface area contributed by atoms with Gasteiger partial charge in [0.2, 0.25) is 11.8 Å². The van der Waals surface area contributed by atoms with E-state index >= 15 is 0 Å². The Morgan fingerprint density at radius 2 is 1.54 bits per heavy atom. The van der Waals surface area contributed by atoms with Crippen molar-refractivity contribution in [1.82, 2.24) is 10.2 Å². The van der Waals surface area contributed by atoms with Crippen LogP contribution in [0, 0.1) is 20.8 Å². The molecule has 7 nitrogen and oxygen atoms in total. The summed E-state index contributed by atoms with van der Waals surface area (Å²) >= 11 is 6.40. The maximum atomic E-state index is 14.0. The number of benzene rings is 3. The summed E-state index contributed by atoms with van der Waals surface area (Å²) < 4.78 is 29.1. The highest BCUT2D eigenvalue weighted by Crippen LogP contribution is 2.29. The van der Waals surface area contributed by atoms with Gasteiger partial charge in [-0.1, -0.05) is 59.6 Å². The zero-order chi connectivity index (χ0) is 28.9. The second-order valence-corrected chi connectivity index (χ2v) is 12.3. The number of hydrogen-bond donors (Lipinski definition) is 1. The molecule has 0 unspecified atom stereocenters. The summed E-state index contributed by atoms with van der Waals surface area (Å²) in [5.41, 5.74) is 3.60. The third kappa shape index (κ3) is 7.19. The van der Waals surface area contributed by atoms with Crippen molar-refractivity contribution in [2.24, 2.45) is 0 Å². The lowest BCUT2D eigenvalue weighted by atomic mass is 10.1. The highest BCUT2D eigenvalue weighted by molar-refractivity contribution is 7.92. The summed E-state index contributed by atoms with van der Waals surface area (Å²) in [4.78, 5) is 28.5. The summed E-state index contributed by atoms with van der Waals surface area (Å²) in [6, 6.07) is 17.9. The summed E-state index contributed by atoms with van der Waals surface area (Å²) in [7, 11) is -4.13. The van der Waals surface area contributed by atoms with Crippen molar-refractivity contribution >= 4 is 39.1 Å². The molecule has 39 heavy (non-hydrogen) atoms. The maximum absolute atomic E-state index is 14.0. The van der Waals surface area contributed by atoms with Gasteiger partial charge in [-0.25, -0.2) is 8.42 Å². The average molecular weight is 570 g/mol. The first kappa shape index (κ1) is 30.2. The minimum atomic E-state index is -4.13. The molecule has 0 heterocycles. The lowest BCUT2D eigenvalue weighted by molar-refractivity contribution is -0.139. The molecule has 0 aromatic heterocycles. The monoisotopic (exact) mass is 569 g/mol. The number of carbonyl (C=O) groups is 2. The first-order chi connectivity index (χ1) is 18.3. The van der Waals surface area contributed by atoms with Crippen molar-refractivity contribution in [2.45, 2.75) is 65.1 Å². The van der Waals surface area contributed by atoms with Crippen LogP contribution in [0.25, 0.3) is 0 Å². The Hall–Kier alpha value is -3.36. The fourth-order valence-electron chi connectivity index (χ4n) is 4.15. The smallest absolute Gasteiger partial charge is 0.264 e. The van der Waals surface area contributed by atoms with Crippen LogP contribution in [0.3, 0.4) is 0 Å². The Bertz CT molecular complexity index is 1440. The third-order valence-electron chi connectivity index (χ3n) is 6.63. The molecule has 3 aromatic rings. The summed E-state index contributed by atoms with van der Waals surface area (Å²) in [6.45, 7) is 10.4. The number of nitrogens with one attached hydrogen (secondary N) is 1. The molecule has 0 aliphatic heterocycles. The van der Waals surface area contributed by atoms with E-state index in [1.165, 1.54) is 17.0 Å². The van der Waals surface area contributed by atoms with E-state index in [9.17, 15) is 18.0 Å². The number of carbonyl (C=O) groups excluding carboxylic acids is 2. The van der Waals surface area contributed by atoms with Crippen LogP contribution in [0.5, 0.6) is 0 Å². The van der Waals surface area contributed by atoms with Gasteiger partial charge in [0.15, 0.2) is 0 Å². The molecule has 208 valence electrons. The zero-order valence-electron chi connectivity index (χ0n) is 23.2. The van der Waals surface area contributed by atoms with Crippen LogP contribution in [0.1, 0.15) is 43.0 Å². The molecule has 1 atom stereocenters. The van der Waals surface area contributed by atoms with Crippen LogP contribution < -0.4 is 9.62 Å². The van der Waals surface area contributed by atoms with Gasteiger partial charge in [-0.2, -0.15) is 0 Å². The maximum Gasteiger partial charge on any atom is 0.264 e. The van der Waals surface area contributed by atoms with E-state index in [1.54, 1.807) is 55.5 Å². The van der Waals surface area contributed by atoms with Gasteiger partial charge in [-0.15, -0.1) is 0 Å². The van der Waals surface area contributed by atoms with Crippen molar-refractivity contribution in [3.05, 3.63) is 94.0 Å². The summed E-state index contributed by atoms with van der Waals surface area (Å²) in [5, 5.41) is 3.29. The van der Waals surface area contributed by atoms with E-state index in [0.29, 0.717) is 16.3 Å². The van der Waals surface area contributed by atoms with Gasteiger partial charge in [0.05, 0.1) is 10.6 Å². The molecular formula is C30H36ClN3O4S. The number of rotatable bonds is 10. The van der Waals surface area contributed by atoms with Gasteiger partial charge < -0.3 is 10.2 Å². The SMILES string of the molecule is Cc1ccc(S(=O)(=O)N(CC(=O)N(Cc2ccccc2Cl)[C@@H](C)C(=O)NC(C)C)c2cccc(C)c2C)cc1. The largest absolute Gasteiger partial charge is 0.352 e. The lowest BCUT2D eigenvalue weighted by Crippen LogP contribution is -2.52. The predicted molar refractivity (Wildman–Crippen MR) is 156 cm³/mol. The second kappa shape index (κ2) is 12.7. The van der Waals surface area contributed by atoms with E-state index in [4.69, 9.17) is 11.6 Å². The number of amides is 2. The molecule has 0 bridgehead atoms. The van der Waals surface area contributed by atoms with Crippen LogP contribution in [0.4, 0.5) is 5.69 Å². The van der Waals surface area contributed by atoms with Gasteiger partial charge in [0.1, 0.15) is 12.6 Å². The van der Waals surface area contributed by atoms with Crippen molar-refractivity contribution in [3.8, 4) is 0 Å². The minimum Gasteiger partial charge on any atom is -0.352 e. The molecule has 0 fully saturated rings. The number of anilines is 1. The highest BCUT2D eigenvalue weighted by atomic mass is 35.5. The number of aryl methyl sites for hydroxylation is 2. The molecular weight excluding hydrogens is 534 g/mol. The lowest BCUT2D eigenvalue weighted by Gasteiger charge is -2.33. The molecule has 0 saturated heterocycles. The quantitative estimate of drug-likeness (QED) is 0.354. The highest BCUT2D eigenvalue weighted by Gasteiger charge is 2.33. The van der Waals surface area contributed by atoms with Crippen molar-refractivity contribution in [1.29, 1.82) is 0 Å². The number of nitrogens with zero attached hydrogens (tertiary/aromatic N) is 2. The molecule has 3 aromatic carbocycles. The fraction of sp³-hybridized carbons (Fsp3) is 0.333. The van der Waals surface area contributed by atoms with Crippen molar-refractivity contribution < 1.29 is 18.0 Å². The fourth-order valence-corrected chi connectivity index (χ4v) is 5.82. The summed E-state index contributed by atoms with van der Waals surface area (Å²) in [6.07, 6.45) is 0. The van der Waals surface area contributed by atoms with Crippen LogP contribution in [-0.4, -0.2) is 43.8 Å². The van der Waals surface area contributed by atoms with Gasteiger partial charge >= 0.3 is 0 Å². The molecule has 0 aliphatic rings. The Balaban J connectivity index is 2.09. The van der Waals surface area contributed by atoms with E-state index in [-0.39, 0.29) is 23.4 Å². The number of hydrogen-bond acceptors (Lipinski definition) is 4. The topological polar surface area (TPSA) is 86.8 Å². The Labute approximate surface area is 236 Å². The molecule has 3 rings (SSSR count). The first-order valence-corrected chi connectivity index (χ1v) is 14.6. The zero-order valence-corrected chi connectivity index (χ0v) is 24.8. The van der Waals surface area contributed by atoms with Crippen LogP contribution >= 0.6 is 11.6 Å². The second-order valence-electron chi connectivity index (χ2n) is 10.00. The molecule has 0 saturated carbocycles. The normalized spacial score (nSPS) is 12.2. The van der Waals surface area contributed by atoms with Gasteiger partial charge in [-0.3, -0.25) is 13.9 Å². The van der Waals surface area contributed by atoms with E-state index in [0.717, 1.165) is 21.0 Å². The molecule has 1 N–H and O–H groups in total. The van der Waals surface area contributed by atoms with Crippen LogP contribution in [0.15, 0.2) is 71.6 Å². The molecule has 0 radical (unpaired) electrons.